The Kier molecular flexibility index (Phi) is 5.08. The minimum Gasteiger partial charge on any atom is -0.338 e. The monoisotopic (exact) mass is 432 g/mol. The molecule has 0 N–H and O–H groups in total. The minimum absolute atomic E-state index is 0.0142. The van der Waals surface area contributed by atoms with Crippen LogP contribution in [-0.4, -0.2) is 54.0 Å². The third kappa shape index (κ3) is 3.59. The molecule has 5 rings (SSSR count). The lowest BCUT2D eigenvalue weighted by molar-refractivity contribution is -0.129. The van der Waals surface area contributed by atoms with Crippen LogP contribution in [0.3, 0.4) is 0 Å². The molecule has 0 unspecified atom stereocenters. The van der Waals surface area contributed by atoms with Gasteiger partial charge in [-0.3, -0.25) is 14.4 Å². The van der Waals surface area contributed by atoms with Crippen LogP contribution in [0.1, 0.15) is 39.8 Å². The predicted octanol–water partition coefficient (Wildman–Crippen LogP) is 1.05. The molecular formula is C23H24N6O3. The quantitative estimate of drug-likeness (QED) is 0.617. The Labute approximate surface area is 184 Å². The van der Waals surface area contributed by atoms with Gasteiger partial charge in [-0.05, 0) is 23.1 Å². The topological polar surface area (TPSA) is 93.3 Å². The van der Waals surface area contributed by atoms with Gasteiger partial charge < -0.3 is 18.9 Å². The van der Waals surface area contributed by atoms with E-state index in [0.29, 0.717) is 51.5 Å². The molecule has 0 atom stereocenters. The average molecular weight is 432 g/mol. The van der Waals surface area contributed by atoms with E-state index in [-0.39, 0.29) is 22.9 Å². The molecule has 2 aliphatic heterocycles. The Bertz CT molecular complexity index is 1250. The summed E-state index contributed by atoms with van der Waals surface area (Å²) in [6.07, 6.45) is 3.95. The summed E-state index contributed by atoms with van der Waals surface area (Å²) in [7, 11) is 0. The highest BCUT2D eigenvalue weighted by Gasteiger charge is 2.31. The first-order valence-corrected chi connectivity index (χ1v) is 10.7. The van der Waals surface area contributed by atoms with Crippen molar-refractivity contribution in [3.05, 3.63) is 81.3 Å². The molecule has 3 aromatic rings. The van der Waals surface area contributed by atoms with E-state index < -0.39 is 0 Å². The highest BCUT2D eigenvalue weighted by Crippen LogP contribution is 2.23. The van der Waals surface area contributed by atoms with Gasteiger partial charge in [0.15, 0.2) is 5.82 Å². The van der Waals surface area contributed by atoms with Gasteiger partial charge >= 0.3 is 0 Å². The van der Waals surface area contributed by atoms with Crippen LogP contribution in [0.15, 0.2) is 47.7 Å². The largest absolute Gasteiger partial charge is 0.338 e. The second-order valence-electron chi connectivity index (χ2n) is 8.28. The molecule has 2 aliphatic rings. The smallest absolute Gasteiger partial charge is 0.264 e. The van der Waals surface area contributed by atoms with Gasteiger partial charge in [0.1, 0.15) is 11.9 Å². The summed E-state index contributed by atoms with van der Waals surface area (Å²) in [5, 5.41) is 8.00. The summed E-state index contributed by atoms with van der Waals surface area (Å²) in [5.41, 5.74) is 2.51. The van der Waals surface area contributed by atoms with Crippen LogP contribution in [0, 0.1) is 0 Å². The van der Waals surface area contributed by atoms with Crippen molar-refractivity contribution >= 4 is 11.8 Å². The number of fused-ring (bicyclic) bond motifs is 2. The van der Waals surface area contributed by atoms with Crippen molar-refractivity contribution in [1.82, 2.24) is 29.1 Å². The fourth-order valence-corrected chi connectivity index (χ4v) is 4.50. The van der Waals surface area contributed by atoms with E-state index in [1.54, 1.807) is 27.6 Å². The van der Waals surface area contributed by atoms with Gasteiger partial charge in [0.2, 0.25) is 5.91 Å². The molecule has 0 saturated heterocycles. The Hall–Kier alpha value is -3.75. The third-order valence-corrected chi connectivity index (χ3v) is 6.25. The zero-order chi connectivity index (χ0) is 22.2. The molecule has 1 aromatic carbocycles. The van der Waals surface area contributed by atoms with E-state index in [9.17, 15) is 14.4 Å². The molecule has 0 aliphatic carbocycles. The van der Waals surface area contributed by atoms with Gasteiger partial charge in [0, 0.05) is 39.3 Å². The lowest BCUT2D eigenvalue weighted by atomic mass is 9.95. The number of hydrogen-bond acceptors (Lipinski definition) is 5. The summed E-state index contributed by atoms with van der Waals surface area (Å²) in [6, 6.07) is 9.67. The van der Waals surface area contributed by atoms with Crippen molar-refractivity contribution in [3.8, 4) is 0 Å². The predicted molar refractivity (Wildman–Crippen MR) is 116 cm³/mol. The van der Waals surface area contributed by atoms with Crippen molar-refractivity contribution in [2.45, 2.75) is 39.5 Å². The van der Waals surface area contributed by atoms with Crippen molar-refractivity contribution in [2.24, 2.45) is 0 Å². The zero-order valence-electron chi connectivity index (χ0n) is 17.9. The molecule has 9 nitrogen and oxygen atoms in total. The van der Waals surface area contributed by atoms with E-state index in [2.05, 4.69) is 10.2 Å². The minimum atomic E-state index is -0.291. The first kappa shape index (κ1) is 20.2. The van der Waals surface area contributed by atoms with E-state index in [1.165, 1.54) is 0 Å². The first-order valence-electron chi connectivity index (χ1n) is 10.7. The van der Waals surface area contributed by atoms with Gasteiger partial charge in [0.05, 0.1) is 13.1 Å². The maximum Gasteiger partial charge on any atom is 0.264 e. The van der Waals surface area contributed by atoms with E-state index in [4.69, 9.17) is 0 Å². The number of benzene rings is 1. The maximum atomic E-state index is 13.6. The fraction of sp³-hybridized carbons (Fsp3) is 0.348. The Morgan fingerprint density at radius 3 is 2.62 bits per heavy atom. The molecule has 2 aromatic heterocycles. The summed E-state index contributed by atoms with van der Waals surface area (Å²) in [5.74, 6) is 0.417. The second-order valence-corrected chi connectivity index (χ2v) is 8.28. The Morgan fingerprint density at radius 2 is 1.84 bits per heavy atom. The highest BCUT2D eigenvalue weighted by molar-refractivity contribution is 5.96. The fourth-order valence-electron chi connectivity index (χ4n) is 4.50. The summed E-state index contributed by atoms with van der Waals surface area (Å²) in [6.45, 7) is 4.21. The number of carbonyl (C=O) groups excluding carboxylic acids is 2. The van der Waals surface area contributed by atoms with E-state index >= 15 is 0 Å². The van der Waals surface area contributed by atoms with Crippen LogP contribution in [0.2, 0.25) is 0 Å². The summed E-state index contributed by atoms with van der Waals surface area (Å²) in [4.78, 5) is 42.6. The molecule has 164 valence electrons. The molecule has 0 saturated carbocycles. The third-order valence-electron chi connectivity index (χ3n) is 6.25. The molecule has 2 amide bonds. The number of amides is 2. The van der Waals surface area contributed by atoms with Gasteiger partial charge in [-0.2, -0.15) is 0 Å². The van der Waals surface area contributed by atoms with Gasteiger partial charge in [-0.25, -0.2) is 0 Å². The SMILES string of the molecule is CC(=O)N1CCc2c(cn(Cc3ccccc3)c(=O)c2C(=O)N2CCn3cnnc3C2)C1. The number of rotatable bonds is 3. The van der Waals surface area contributed by atoms with Crippen LogP contribution in [-0.2, 0) is 37.4 Å². The van der Waals surface area contributed by atoms with Crippen molar-refractivity contribution in [2.75, 3.05) is 13.1 Å². The second kappa shape index (κ2) is 8.07. The molecule has 0 spiro atoms. The first-order chi connectivity index (χ1) is 15.5. The van der Waals surface area contributed by atoms with Crippen LogP contribution >= 0.6 is 0 Å². The lowest BCUT2D eigenvalue weighted by Gasteiger charge is -2.32. The number of nitrogens with zero attached hydrogens (tertiary/aromatic N) is 6. The molecule has 0 fully saturated rings. The average Bonchev–Trinajstić information content (AvgIpc) is 3.27. The van der Waals surface area contributed by atoms with Crippen molar-refractivity contribution in [3.63, 3.8) is 0 Å². The van der Waals surface area contributed by atoms with E-state index in [0.717, 1.165) is 16.7 Å². The van der Waals surface area contributed by atoms with Gasteiger partial charge in [-0.1, -0.05) is 30.3 Å². The number of hydrogen-bond donors (Lipinski definition) is 0. The van der Waals surface area contributed by atoms with Crippen LogP contribution in [0.5, 0.6) is 0 Å². The highest BCUT2D eigenvalue weighted by atomic mass is 16.2. The number of carbonyl (C=O) groups is 2. The van der Waals surface area contributed by atoms with Crippen molar-refractivity contribution in [1.29, 1.82) is 0 Å². The van der Waals surface area contributed by atoms with Crippen molar-refractivity contribution < 1.29 is 9.59 Å². The van der Waals surface area contributed by atoms with E-state index in [1.807, 2.05) is 41.1 Å². The molecule has 0 bridgehead atoms. The molecule has 32 heavy (non-hydrogen) atoms. The Balaban J connectivity index is 1.56. The Morgan fingerprint density at radius 1 is 1.03 bits per heavy atom. The molecular weight excluding hydrogens is 408 g/mol. The number of pyridine rings is 1. The lowest BCUT2D eigenvalue weighted by Crippen LogP contribution is -2.44. The van der Waals surface area contributed by atoms with Crippen LogP contribution in [0.25, 0.3) is 0 Å². The molecule has 0 radical (unpaired) electrons. The van der Waals surface area contributed by atoms with Crippen LogP contribution in [0.4, 0.5) is 0 Å². The number of aromatic nitrogens is 4. The van der Waals surface area contributed by atoms with Gasteiger partial charge in [-0.15, -0.1) is 10.2 Å². The normalized spacial score (nSPS) is 15.3. The van der Waals surface area contributed by atoms with Gasteiger partial charge in [0.25, 0.3) is 11.5 Å². The summed E-state index contributed by atoms with van der Waals surface area (Å²) < 4.78 is 3.51. The molecule has 4 heterocycles. The zero-order valence-corrected chi connectivity index (χ0v) is 17.9. The summed E-state index contributed by atoms with van der Waals surface area (Å²) >= 11 is 0. The van der Waals surface area contributed by atoms with Crippen LogP contribution < -0.4 is 5.56 Å². The standard InChI is InChI=1S/C23H24N6O3/c1-16(30)26-8-7-19-18(12-26)13-29(11-17-5-3-2-4-6-17)23(32)21(19)22(31)27-9-10-28-15-24-25-20(28)14-27/h2-6,13,15H,7-12,14H2,1H3. The maximum absolute atomic E-state index is 13.6. The molecule has 9 heteroatoms.